The van der Waals surface area contributed by atoms with Gasteiger partial charge in [-0.25, -0.2) is 0 Å². The number of alkyl halides is 3. The van der Waals surface area contributed by atoms with E-state index in [9.17, 15) is 18.3 Å². The summed E-state index contributed by atoms with van der Waals surface area (Å²) in [5, 5.41) is 9.51. The second-order valence-electron chi connectivity index (χ2n) is 3.93. The average Bonchev–Trinajstić information content (AvgIpc) is 2.22. The molecule has 1 N–H and O–H groups in total. The normalized spacial score (nSPS) is 13.4. The second-order valence-corrected chi connectivity index (χ2v) is 4.84. The predicted molar refractivity (Wildman–Crippen MR) is 65.6 cm³/mol. The van der Waals surface area contributed by atoms with Crippen molar-refractivity contribution in [2.75, 3.05) is 6.61 Å². The Bertz CT molecular complexity index is 391. The predicted octanol–water partition coefficient (Wildman–Crippen LogP) is 4.22. The first-order valence-electron chi connectivity index (χ1n) is 5.46. The first-order chi connectivity index (χ1) is 8.29. The molecule has 0 amide bonds. The lowest BCUT2D eigenvalue weighted by molar-refractivity contribution is -0.136. The van der Waals surface area contributed by atoms with E-state index in [0.717, 1.165) is 4.47 Å². The topological polar surface area (TPSA) is 29.5 Å². The van der Waals surface area contributed by atoms with Crippen molar-refractivity contribution in [3.63, 3.8) is 0 Å². The standard InChI is InChI=1S/C12H14BrF3O2/c1-8(17)10-4-3-9(13)7-11(10)18-6-2-5-12(14,15)16/h3-4,7-8,17H,2,5-6H2,1H3. The van der Waals surface area contributed by atoms with Crippen LogP contribution in [0, 0.1) is 0 Å². The largest absolute Gasteiger partial charge is 0.493 e. The molecule has 0 spiro atoms. The molecule has 0 aliphatic heterocycles. The molecule has 2 nitrogen and oxygen atoms in total. The van der Waals surface area contributed by atoms with Crippen molar-refractivity contribution in [1.82, 2.24) is 0 Å². The summed E-state index contributed by atoms with van der Waals surface area (Å²) in [6.45, 7) is 1.54. The number of aliphatic hydroxyl groups excluding tert-OH is 1. The molecule has 0 aliphatic rings. The van der Waals surface area contributed by atoms with Gasteiger partial charge in [0, 0.05) is 16.5 Å². The minimum absolute atomic E-state index is 0.0321. The van der Waals surface area contributed by atoms with Crippen LogP contribution in [0.1, 0.15) is 31.4 Å². The third-order valence-electron chi connectivity index (χ3n) is 2.29. The van der Waals surface area contributed by atoms with Crippen LogP contribution in [-0.4, -0.2) is 17.9 Å². The van der Waals surface area contributed by atoms with Crippen LogP contribution in [-0.2, 0) is 0 Å². The van der Waals surface area contributed by atoms with Crippen molar-refractivity contribution in [3.05, 3.63) is 28.2 Å². The van der Waals surface area contributed by atoms with Crippen LogP contribution in [0.25, 0.3) is 0 Å². The lowest BCUT2D eigenvalue weighted by Gasteiger charge is -2.14. The number of aliphatic hydroxyl groups is 1. The lowest BCUT2D eigenvalue weighted by Crippen LogP contribution is -2.10. The maximum atomic E-state index is 12.0. The van der Waals surface area contributed by atoms with Gasteiger partial charge in [0.05, 0.1) is 12.7 Å². The van der Waals surface area contributed by atoms with Crippen LogP contribution in [0.4, 0.5) is 13.2 Å². The second kappa shape index (κ2) is 6.43. The molecule has 1 aromatic rings. The van der Waals surface area contributed by atoms with Crippen LogP contribution in [0.5, 0.6) is 5.75 Å². The monoisotopic (exact) mass is 326 g/mol. The molecule has 6 heteroatoms. The van der Waals surface area contributed by atoms with E-state index in [-0.39, 0.29) is 13.0 Å². The molecule has 1 atom stereocenters. The van der Waals surface area contributed by atoms with E-state index in [4.69, 9.17) is 4.74 Å². The van der Waals surface area contributed by atoms with Gasteiger partial charge in [-0.2, -0.15) is 13.2 Å². The van der Waals surface area contributed by atoms with Crippen molar-refractivity contribution < 1.29 is 23.0 Å². The van der Waals surface area contributed by atoms with E-state index in [2.05, 4.69) is 15.9 Å². The van der Waals surface area contributed by atoms with E-state index in [0.29, 0.717) is 11.3 Å². The molecule has 0 saturated heterocycles. The molecule has 0 bridgehead atoms. The Kier molecular flexibility index (Phi) is 5.47. The first kappa shape index (κ1) is 15.3. The van der Waals surface area contributed by atoms with Crippen LogP contribution in [0.15, 0.2) is 22.7 Å². The van der Waals surface area contributed by atoms with Crippen LogP contribution >= 0.6 is 15.9 Å². The Hall–Kier alpha value is -0.750. The fourth-order valence-corrected chi connectivity index (χ4v) is 1.77. The minimum Gasteiger partial charge on any atom is -0.493 e. The van der Waals surface area contributed by atoms with Gasteiger partial charge in [0.25, 0.3) is 0 Å². The Morgan fingerprint density at radius 3 is 2.61 bits per heavy atom. The van der Waals surface area contributed by atoms with E-state index in [1.54, 1.807) is 25.1 Å². The molecular formula is C12H14BrF3O2. The van der Waals surface area contributed by atoms with Gasteiger partial charge in [0.1, 0.15) is 5.75 Å². The molecular weight excluding hydrogens is 313 g/mol. The van der Waals surface area contributed by atoms with Gasteiger partial charge in [0.2, 0.25) is 0 Å². The van der Waals surface area contributed by atoms with Gasteiger partial charge in [-0.3, -0.25) is 0 Å². The Labute approximate surface area is 112 Å². The molecule has 102 valence electrons. The fourth-order valence-electron chi connectivity index (χ4n) is 1.43. The maximum Gasteiger partial charge on any atom is 0.389 e. The third kappa shape index (κ3) is 5.27. The highest BCUT2D eigenvalue weighted by molar-refractivity contribution is 9.10. The number of halogens is 4. The number of rotatable bonds is 5. The fraction of sp³-hybridized carbons (Fsp3) is 0.500. The van der Waals surface area contributed by atoms with Crippen molar-refractivity contribution in [1.29, 1.82) is 0 Å². The molecule has 0 radical (unpaired) electrons. The molecule has 1 rings (SSSR count). The van der Waals surface area contributed by atoms with Crippen LogP contribution in [0.3, 0.4) is 0 Å². The zero-order chi connectivity index (χ0) is 13.8. The first-order valence-corrected chi connectivity index (χ1v) is 6.26. The summed E-state index contributed by atoms with van der Waals surface area (Å²) in [6, 6.07) is 5.05. The summed E-state index contributed by atoms with van der Waals surface area (Å²) >= 11 is 3.24. The van der Waals surface area contributed by atoms with Gasteiger partial charge in [-0.05, 0) is 25.5 Å². The number of hydrogen-bond acceptors (Lipinski definition) is 2. The molecule has 0 saturated carbocycles. The summed E-state index contributed by atoms with van der Waals surface area (Å²) < 4.78 is 41.9. The van der Waals surface area contributed by atoms with E-state index in [1.165, 1.54) is 0 Å². The summed E-state index contributed by atoms with van der Waals surface area (Å²) in [5.41, 5.74) is 0.560. The van der Waals surface area contributed by atoms with E-state index in [1.807, 2.05) is 0 Å². The van der Waals surface area contributed by atoms with Crippen LogP contribution < -0.4 is 4.74 Å². The van der Waals surface area contributed by atoms with Gasteiger partial charge >= 0.3 is 6.18 Å². The van der Waals surface area contributed by atoms with Crippen molar-refractivity contribution in [2.45, 2.75) is 32.0 Å². The van der Waals surface area contributed by atoms with Gasteiger partial charge in [-0.15, -0.1) is 0 Å². The highest BCUT2D eigenvalue weighted by atomic mass is 79.9. The summed E-state index contributed by atoms with van der Waals surface area (Å²) in [6.07, 6.45) is -5.86. The number of hydrogen-bond donors (Lipinski definition) is 1. The van der Waals surface area contributed by atoms with Gasteiger partial charge in [-0.1, -0.05) is 22.0 Å². The SMILES string of the molecule is CC(O)c1ccc(Br)cc1OCCCC(F)(F)F. The summed E-state index contributed by atoms with van der Waals surface area (Å²) in [7, 11) is 0. The van der Waals surface area contributed by atoms with E-state index < -0.39 is 18.7 Å². The molecule has 0 aliphatic carbocycles. The molecule has 0 aromatic heterocycles. The third-order valence-corrected chi connectivity index (χ3v) is 2.78. The lowest BCUT2D eigenvalue weighted by atomic mass is 10.1. The molecule has 1 aromatic carbocycles. The van der Waals surface area contributed by atoms with Crippen molar-refractivity contribution >= 4 is 15.9 Å². The molecule has 1 unspecified atom stereocenters. The number of benzene rings is 1. The summed E-state index contributed by atoms with van der Waals surface area (Å²) in [4.78, 5) is 0. The van der Waals surface area contributed by atoms with Crippen molar-refractivity contribution in [3.8, 4) is 5.75 Å². The number of ether oxygens (including phenoxy) is 1. The van der Waals surface area contributed by atoms with Gasteiger partial charge < -0.3 is 9.84 Å². The zero-order valence-corrected chi connectivity index (χ0v) is 11.4. The minimum atomic E-state index is -4.16. The van der Waals surface area contributed by atoms with Crippen LogP contribution in [0.2, 0.25) is 0 Å². The molecule has 0 heterocycles. The zero-order valence-electron chi connectivity index (χ0n) is 9.80. The quantitative estimate of drug-likeness (QED) is 0.821. The highest BCUT2D eigenvalue weighted by Gasteiger charge is 2.26. The highest BCUT2D eigenvalue weighted by Crippen LogP contribution is 2.29. The Morgan fingerprint density at radius 2 is 2.06 bits per heavy atom. The van der Waals surface area contributed by atoms with Gasteiger partial charge in [0.15, 0.2) is 0 Å². The smallest absolute Gasteiger partial charge is 0.389 e. The molecule has 18 heavy (non-hydrogen) atoms. The van der Waals surface area contributed by atoms with E-state index >= 15 is 0 Å². The van der Waals surface area contributed by atoms with Crippen molar-refractivity contribution in [2.24, 2.45) is 0 Å². The Balaban J connectivity index is 2.58. The average molecular weight is 327 g/mol. The molecule has 0 fully saturated rings. The Morgan fingerprint density at radius 1 is 1.39 bits per heavy atom. The summed E-state index contributed by atoms with van der Waals surface area (Å²) in [5.74, 6) is 0.404. The maximum absolute atomic E-state index is 12.0.